The Bertz CT molecular complexity index is 5270. The highest BCUT2D eigenvalue weighted by molar-refractivity contribution is 7.00. The monoisotopic (exact) mass is 1130 g/mol. The van der Waals surface area contributed by atoms with Gasteiger partial charge in [-0.15, -0.1) is 0 Å². The van der Waals surface area contributed by atoms with E-state index >= 15 is 0 Å². The second-order valence-electron chi connectivity index (χ2n) is 23.1. The van der Waals surface area contributed by atoms with Crippen molar-refractivity contribution < 1.29 is 0 Å². The van der Waals surface area contributed by atoms with E-state index in [0.29, 0.717) is 17.5 Å². The van der Waals surface area contributed by atoms with Gasteiger partial charge in [0, 0.05) is 83.6 Å². The molecular weight excluding hydrogens is 1080 g/mol. The van der Waals surface area contributed by atoms with Gasteiger partial charge in [-0.05, 0) is 136 Å². The minimum atomic E-state index is 0.0185. The smallest absolute Gasteiger partial charge is 0.252 e. The molecule has 0 amide bonds. The molecule has 414 valence electrons. The Morgan fingerprint density at radius 1 is 0.236 bits per heavy atom. The summed E-state index contributed by atoms with van der Waals surface area (Å²) < 4.78 is 4.88. The van der Waals surface area contributed by atoms with Crippen LogP contribution in [-0.4, -0.2) is 30.8 Å². The van der Waals surface area contributed by atoms with Crippen molar-refractivity contribution in [3.05, 3.63) is 315 Å². The van der Waals surface area contributed by atoms with E-state index in [1.165, 1.54) is 54.8 Å². The maximum Gasteiger partial charge on any atom is 0.252 e. The first-order valence-corrected chi connectivity index (χ1v) is 30.4. The standard InChI is InChI=1S/C81H52BN7/c1-6-24-55(25-7-1)79-83-80(56-26-8-2-9-27-56)85-81(84-79)57-46-47-71(89-70-39-21-17-35-63(70)66-51-65-62-34-16-20-38-69(62)86(74(65)52-75(66)89)59-28-10-3-11-29-59)64(48-57)54-44-42-53(43-45-54)58-49-76-78-77(50-58)88(61-32-14-5-15-33-61)73-41-23-19-37-68(73)82(78)67-36-18-22-40-72(67)87(76)60-30-12-4-13-31-60/h1-52H. The van der Waals surface area contributed by atoms with Gasteiger partial charge in [0.05, 0.1) is 27.8 Å². The summed E-state index contributed by atoms with van der Waals surface area (Å²) in [6.45, 7) is 0.0185. The molecule has 16 aromatic rings. The van der Waals surface area contributed by atoms with Gasteiger partial charge < -0.3 is 18.9 Å². The lowest BCUT2D eigenvalue weighted by Crippen LogP contribution is -2.61. The predicted octanol–water partition coefficient (Wildman–Crippen LogP) is 18.5. The zero-order valence-electron chi connectivity index (χ0n) is 48.2. The second kappa shape index (κ2) is 20.4. The summed E-state index contributed by atoms with van der Waals surface area (Å²) in [5, 5.41) is 4.80. The largest absolute Gasteiger partial charge is 0.311 e. The van der Waals surface area contributed by atoms with Crippen molar-refractivity contribution in [2.45, 2.75) is 0 Å². The summed E-state index contributed by atoms with van der Waals surface area (Å²) in [5.74, 6) is 1.82. The zero-order chi connectivity index (χ0) is 58.5. The van der Waals surface area contributed by atoms with E-state index in [1.807, 2.05) is 36.4 Å². The van der Waals surface area contributed by atoms with Crippen LogP contribution in [0.1, 0.15) is 0 Å². The van der Waals surface area contributed by atoms with Gasteiger partial charge in [0.15, 0.2) is 17.5 Å². The molecule has 0 fully saturated rings. The van der Waals surface area contributed by atoms with Crippen LogP contribution in [0.25, 0.3) is 111 Å². The molecule has 0 bridgehead atoms. The van der Waals surface area contributed by atoms with Gasteiger partial charge in [-0.2, -0.15) is 0 Å². The first-order chi connectivity index (χ1) is 44.2. The van der Waals surface area contributed by atoms with Crippen LogP contribution in [-0.2, 0) is 0 Å². The molecule has 0 radical (unpaired) electrons. The van der Waals surface area contributed by atoms with Crippen LogP contribution in [0.5, 0.6) is 0 Å². The van der Waals surface area contributed by atoms with E-state index in [1.54, 1.807) is 0 Å². The highest BCUT2D eigenvalue weighted by Gasteiger charge is 2.43. The van der Waals surface area contributed by atoms with Crippen molar-refractivity contribution in [1.82, 2.24) is 24.1 Å². The quantitative estimate of drug-likeness (QED) is 0.135. The minimum Gasteiger partial charge on any atom is -0.311 e. The lowest BCUT2D eigenvalue weighted by Gasteiger charge is -2.44. The van der Waals surface area contributed by atoms with E-state index < -0.39 is 0 Å². The minimum absolute atomic E-state index is 0.0185. The molecule has 0 spiro atoms. The van der Waals surface area contributed by atoms with Gasteiger partial charge in [0.2, 0.25) is 0 Å². The fourth-order valence-electron chi connectivity index (χ4n) is 14.2. The van der Waals surface area contributed by atoms with Gasteiger partial charge in [0.25, 0.3) is 6.71 Å². The van der Waals surface area contributed by atoms with E-state index in [9.17, 15) is 0 Å². The van der Waals surface area contributed by atoms with Crippen molar-refractivity contribution in [1.29, 1.82) is 0 Å². The Morgan fingerprint density at radius 2 is 0.652 bits per heavy atom. The van der Waals surface area contributed by atoms with Crippen LogP contribution in [0, 0.1) is 0 Å². The lowest BCUT2D eigenvalue weighted by molar-refractivity contribution is 1.07. The van der Waals surface area contributed by atoms with Gasteiger partial charge in [-0.3, -0.25) is 0 Å². The highest BCUT2D eigenvalue weighted by atomic mass is 15.2. The number of para-hydroxylation sites is 7. The molecule has 3 aromatic heterocycles. The van der Waals surface area contributed by atoms with Crippen LogP contribution in [0.4, 0.5) is 34.1 Å². The topological polar surface area (TPSA) is 55.0 Å². The molecule has 2 aliphatic heterocycles. The normalized spacial score (nSPS) is 12.4. The lowest BCUT2D eigenvalue weighted by atomic mass is 9.33. The summed E-state index contributed by atoms with van der Waals surface area (Å²) in [5.41, 5.74) is 24.5. The average molecular weight is 1130 g/mol. The third-order valence-corrected chi connectivity index (χ3v) is 18.1. The second-order valence-corrected chi connectivity index (χ2v) is 23.1. The molecule has 2 aliphatic rings. The predicted molar refractivity (Wildman–Crippen MR) is 370 cm³/mol. The summed E-state index contributed by atoms with van der Waals surface area (Å²) >= 11 is 0. The van der Waals surface area contributed by atoms with Crippen LogP contribution in [0.15, 0.2) is 315 Å². The summed E-state index contributed by atoms with van der Waals surface area (Å²) in [6.07, 6.45) is 0. The number of aromatic nitrogens is 5. The summed E-state index contributed by atoms with van der Waals surface area (Å²) in [6, 6.07) is 114. The van der Waals surface area contributed by atoms with Crippen LogP contribution in [0.3, 0.4) is 0 Å². The number of rotatable bonds is 9. The Morgan fingerprint density at radius 3 is 1.19 bits per heavy atom. The van der Waals surface area contributed by atoms with Crippen LogP contribution < -0.4 is 26.2 Å². The number of nitrogens with zero attached hydrogens (tertiary/aromatic N) is 7. The maximum absolute atomic E-state index is 5.28. The van der Waals surface area contributed by atoms with Crippen molar-refractivity contribution >= 4 is 101 Å². The molecule has 18 rings (SSSR count). The number of fused-ring (bicyclic) bond motifs is 10. The molecule has 89 heavy (non-hydrogen) atoms. The van der Waals surface area contributed by atoms with Crippen molar-refractivity contribution in [2.75, 3.05) is 9.80 Å². The number of hydrogen-bond donors (Lipinski definition) is 0. The third-order valence-electron chi connectivity index (χ3n) is 18.1. The number of anilines is 6. The van der Waals surface area contributed by atoms with Crippen molar-refractivity contribution in [2.24, 2.45) is 0 Å². The van der Waals surface area contributed by atoms with Crippen molar-refractivity contribution in [3.8, 4) is 67.8 Å². The molecule has 13 aromatic carbocycles. The SMILES string of the molecule is c1ccc(-c2nc(-c3ccccc3)nc(-c3ccc(-n4c5ccccc5c5cc6c7ccccc7n(-c7ccccc7)c6cc54)c(-c4ccc(-c5cc6c7c(c5)N(c5ccccc5)c5ccccc5B7c5ccccc5N6c5ccccc5)cc4)c3)n2)cc1. The molecule has 0 N–H and O–H groups in total. The molecule has 7 nitrogen and oxygen atoms in total. The van der Waals surface area contributed by atoms with Crippen molar-refractivity contribution in [3.63, 3.8) is 0 Å². The van der Waals surface area contributed by atoms with Crippen LogP contribution in [0.2, 0.25) is 0 Å². The Balaban J connectivity index is 0.870. The molecule has 0 saturated carbocycles. The van der Waals surface area contributed by atoms with E-state index in [4.69, 9.17) is 15.0 Å². The van der Waals surface area contributed by atoms with Gasteiger partial charge in [0.1, 0.15) is 0 Å². The number of hydrogen-bond acceptors (Lipinski definition) is 5. The van der Waals surface area contributed by atoms with Crippen LogP contribution >= 0.6 is 0 Å². The van der Waals surface area contributed by atoms with Gasteiger partial charge in [-0.25, -0.2) is 15.0 Å². The first-order valence-electron chi connectivity index (χ1n) is 30.4. The van der Waals surface area contributed by atoms with E-state index in [-0.39, 0.29) is 6.71 Å². The molecular formula is C81H52BN7. The fraction of sp³-hybridized carbons (Fsp3) is 0. The van der Waals surface area contributed by atoms with E-state index in [0.717, 1.165) is 89.6 Å². The Labute approximate surface area is 515 Å². The average Bonchev–Trinajstić information content (AvgIpc) is 0.966. The van der Waals surface area contributed by atoms with Gasteiger partial charge in [-0.1, -0.05) is 212 Å². The van der Waals surface area contributed by atoms with E-state index in [2.05, 4.69) is 298 Å². The number of benzene rings is 13. The first kappa shape index (κ1) is 50.5. The molecule has 5 heterocycles. The molecule has 8 heteroatoms. The third kappa shape index (κ3) is 8.11. The fourth-order valence-corrected chi connectivity index (χ4v) is 14.2. The molecule has 0 atom stereocenters. The Hall–Kier alpha value is -11.9. The molecule has 0 unspecified atom stereocenters. The maximum atomic E-state index is 5.28. The molecule has 0 aliphatic carbocycles. The summed E-state index contributed by atoms with van der Waals surface area (Å²) in [4.78, 5) is 20.6. The Kier molecular flexibility index (Phi) is 11.6. The molecule has 0 saturated heterocycles. The summed E-state index contributed by atoms with van der Waals surface area (Å²) in [7, 11) is 0. The highest BCUT2D eigenvalue weighted by Crippen LogP contribution is 2.47. The zero-order valence-corrected chi connectivity index (χ0v) is 48.2. The van der Waals surface area contributed by atoms with Gasteiger partial charge >= 0.3 is 0 Å².